The lowest BCUT2D eigenvalue weighted by molar-refractivity contribution is 0.0433. The van der Waals surface area contributed by atoms with Crippen LogP contribution in [0.5, 0.6) is 0 Å². The largest absolute Gasteiger partial charge is 0.407 e. The molecule has 1 aliphatic carbocycles. The molecule has 0 unspecified atom stereocenters. The standard InChI is InChI=1S/C16H29N5O/c1-17-12-14-19-20-15(22-14)18-13-16(8-4-2-5-9-16)21-10-6-3-7-11-21/h17H,2-13H2,1H3,(H,18,20). The van der Waals surface area contributed by atoms with E-state index in [2.05, 4.69) is 25.7 Å². The van der Waals surface area contributed by atoms with E-state index in [0.29, 0.717) is 18.5 Å². The lowest BCUT2D eigenvalue weighted by Gasteiger charge is -2.48. The van der Waals surface area contributed by atoms with Crippen LogP contribution in [0, 0.1) is 0 Å². The Labute approximate surface area is 133 Å². The van der Waals surface area contributed by atoms with Crippen molar-refractivity contribution in [2.45, 2.75) is 63.5 Å². The summed E-state index contributed by atoms with van der Waals surface area (Å²) in [6, 6.07) is 0.562. The van der Waals surface area contributed by atoms with Crippen molar-refractivity contribution >= 4 is 6.01 Å². The van der Waals surface area contributed by atoms with Gasteiger partial charge in [0, 0.05) is 12.1 Å². The molecular weight excluding hydrogens is 278 g/mol. The first-order chi connectivity index (χ1) is 10.8. The molecule has 0 spiro atoms. The third-order valence-electron chi connectivity index (χ3n) is 5.17. The first-order valence-electron chi connectivity index (χ1n) is 8.78. The van der Waals surface area contributed by atoms with Crippen molar-refractivity contribution in [1.82, 2.24) is 20.4 Å². The summed E-state index contributed by atoms with van der Waals surface area (Å²) in [7, 11) is 1.88. The van der Waals surface area contributed by atoms with E-state index < -0.39 is 0 Å². The number of nitrogens with zero attached hydrogens (tertiary/aromatic N) is 3. The molecule has 1 aromatic rings. The van der Waals surface area contributed by atoms with Gasteiger partial charge < -0.3 is 15.1 Å². The van der Waals surface area contributed by atoms with E-state index in [1.807, 2.05) is 7.05 Å². The Kier molecular flexibility index (Phi) is 5.31. The summed E-state index contributed by atoms with van der Waals surface area (Å²) < 4.78 is 5.63. The van der Waals surface area contributed by atoms with Crippen molar-refractivity contribution in [2.75, 3.05) is 32.0 Å². The van der Waals surface area contributed by atoms with Crippen LogP contribution in [0.3, 0.4) is 0 Å². The first-order valence-corrected chi connectivity index (χ1v) is 8.78. The van der Waals surface area contributed by atoms with Crippen LogP contribution in [0.4, 0.5) is 6.01 Å². The van der Waals surface area contributed by atoms with Crippen molar-refractivity contribution in [1.29, 1.82) is 0 Å². The highest BCUT2D eigenvalue weighted by Crippen LogP contribution is 2.35. The van der Waals surface area contributed by atoms with Crippen LogP contribution in [-0.4, -0.2) is 47.3 Å². The van der Waals surface area contributed by atoms with E-state index >= 15 is 0 Å². The fraction of sp³-hybridized carbons (Fsp3) is 0.875. The molecule has 0 radical (unpaired) electrons. The summed E-state index contributed by atoms with van der Waals surface area (Å²) in [5, 5.41) is 14.6. The van der Waals surface area contributed by atoms with E-state index in [1.54, 1.807) is 0 Å². The third kappa shape index (κ3) is 3.60. The van der Waals surface area contributed by atoms with Crippen LogP contribution < -0.4 is 10.6 Å². The Balaban J connectivity index is 1.64. The third-order valence-corrected chi connectivity index (χ3v) is 5.17. The molecule has 124 valence electrons. The number of rotatable bonds is 6. The van der Waals surface area contributed by atoms with Gasteiger partial charge in [-0.05, 0) is 45.8 Å². The molecule has 1 saturated carbocycles. The summed E-state index contributed by atoms with van der Waals surface area (Å²) in [6.45, 7) is 4.03. The van der Waals surface area contributed by atoms with Gasteiger partial charge in [0.15, 0.2) is 0 Å². The molecule has 0 aromatic carbocycles. The number of aromatic nitrogens is 2. The molecule has 1 saturated heterocycles. The summed E-state index contributed by atoms with van der Waals surface area (Å²) >= 11 is 0. The van der Waals surface area contributed by atoms with Gasteiger partial charge in [-0.2, -0.15) is 0 Å². The van der Waals surface area contributed by atoms with Crippen molar-refractivity contribution in [2.24, 2.45) is 0 Å². The molecule has 1 aliphatic heterocycles. The number of hydrogen-bond donors (Lipinski definition) is 2. The van der Waals surface area contributed by atoms with Gasteiger partial charge in [-0.1, -0.05) is 30.8 Å². The predicted octanol–water partition coefficient (Wildman–Crippen LogP) is 2.39. The van der Waals surface area contributed by atoms with E-state index in [1.165, 1.54) is 64.5 Å². The van der Waals surface area contributed by atoms with E-state index in [0.717, 1.165) is 6.54 Å². The lowest BCUT2D eigenvalue weighted by Crippen LogP contribution is -2.56. The van der Waals surface area contributed by atoms with Crippen molar-refractivity contribution in [3.05, 3.63) is 5.89 Å². The van der Waals surface area contributed by atoms with Crippen molar-refractivity contribution < 1.29 is 4.42 Å². The Bertz CT molecular complexity index is 449. The topological polar surface area (TPSA) is 66.2 Å². The van der Waals surface area contributed by atoms with Gasteiger partial charge in [0.25, 0.3) is 0 Å². The molecule has 2 fully saturated rings. The minimum Gasteiger partial charge on any atom is -0.407 e. The van der Waals surface area contributed by atoms with Gasteiger partial charge >= 0.3 is 6.01 Å². The van der Waals surface area contributed by atoms with Crippen LogP contribution >= 0.6 is 0 Å². The van der Waals surface area contributed by atoms with Crippen molar-refractivity contribution in [3.63, 3.8) is 0 Å². The highest BCUT2D eigenvalue weighted by molar-refractivity contribution is 5.19. The van der Waals surface area contributed by atoms with E-state index in [9.17, 15) is 0 Å². The molecule has 2 aliphatic rings. The maximum absolute atomic E-state index is 5.63. The smallest absolute Gasteiger partial charge is 0.315 e. The second kappa shape index (κ2) is 7.42. The number of piperidine rings is 1. The van der Waals surface area contributed by atoms with Crippen LogP contribution in [0.2, 0.25) is 0 Å². The zero-order chi connectivity index (χ0) is 15.3. The zero-order valence-electron chi connectivity index (χ0n) is 13.7. The number of likely N-dealkylation sites (tertiary alicyclic amines) is 1. The molecule has 2 N–H and O–H groups in total. The maximum atomic E-state index is 5.63. The highest BCUT2D eigenvalue weighted by atomic mass is 16.4. The molecule has 22 heavy (non-hydrogen) atoms. The first kappa shape index (κ1) is 15.7. The molecule has 1 aromatic heterocycles. The predicted molar refractivity (Wildman–Crippen MR) is 86.8 cm³/mol. The van der Waals surface area contributed by atoms with Gasteiger partial charge in [0.05, 0.1) is 6.54 Å². The minimum atomic E-state index is 0.288. The second-order valence-electron chi connectivity index (χ2n) is 6.72. The fourth-order valence-electron chi connectivity index (χ4n) is 3.97. The lowest BCUT2D eigenvalue weighted by atomic mass is 9.79. The highest BCUT2D eigenvalue weighted by Gasteiger charge is 2.38. The fourth-order valence-corrected chi connectivity index (χ4v) is 3.97. The van der Waals surface area contributed by atoms with E-state index in [4.69, 9.17) is 4.42 Å². The molecule has 6 heteroatoms. The Morgan fingerprint density at radius 2 is 1.77 bits per heavy atom. The minimum absolute atomic E-state index is 0.288. The van der Waals surface area contributed by atoms with Gasteiger partial charge in [-0.3, -0.25) is 4.90 Å². The van der Waals surface area contributed by atoms with Gasteiger partial charge in [0.2, 0.25) is 5.89 Å². The van der Waals surface area contributed by atoms with Gasteiger partial charge in [0.1, 0.15) is 0 Å². The quantitative estimate of drug-likeness (QED) is 0.841. The van der Waals surface area contributed by atoms with Crippen LogP contribution in [0.25, 0.3) is 0 Å². The van der Waals surface area contributed by atoms with Crippen LogP contribution in [0.15, 0.2) is 4.42 Å². The number of hydrogen-bond acceptors (Lipinski definition) is 6. The SMILES string of the molecule is CNCc1nnc(NCC2(N3CCCCC3)CCCCC2)o1. The Hall–Kier alpha value is -1.14. The van der Waals surface area contributed by atoms with Gasteiger partial charge in [-0.15, -0.1) is 5.10 Å². The van der Waals surface area contributed by atoms with Gasteiger partial charge in [-0.25, -0.2) is 0 Å². The summed E-state index contributed by atoms with van der Waals surface area (Å²) in [4.78, 5) is 2.73. The molecule has 6 nitrogen and oxygen atoms in total. The van der Waals surface area contributed by atoms with Crippen molar-refractivity contribution in [3.8, 4) is 0 Å². The molecule has 2 heterocycles. The monoisotopic (exact) mass is 307 g/mol. The Morgan fingerprint density at radius 3 is 2.50 bits per heavy atom. The summed E-state index contributed by atoms with van der Waals surface area (Å²) in [5.41, 5.74) is 0.288. The summed E-state index contributed by atoms with van der Waals surface area (Å²) in [6.07, 6.45) is 10.7. The summed E-state index contributed by atoms with van der Waals surface area (Å²) in [5.74, 6) is 0.640. The molecule has 0 amide bonds. The normalized spacial score (nSPS) is 22.6. The molecule has 0 bridgehead atoms. The number of anilines is 1. The van der Waals surface area contributed by atoms with Crippen LogP contribution in [0.1, 0.15) is 57.3 Å². The molecule has 3 rings (SSSR count). The number of nitrogens with one attached hydrogen (secondary N) is 2. The molecule has 0 atom stereocenters. The maximum Gasteiger partial charge on any atom is 0.315 e. The van der Waals surface area contributed by atoms with E-state index in [-0.39, 0.29) is 5.54 Å². The molecular formula is C16H29N5O. The average molecular weight is 307 g/mol. The second-order valence-corrected chi connectivity index (χ2v) is 6.72. The van der Waals surface area contributed by atoms with Crippen LogP contribution in [-0.2, 0) is 6.54 Å². The zero-order valence-corrected chi connectivity index (χ0v) is 13.7. The Morgan fingerprint density at radius 1 is 1.05 bits per heavy atom. The average Bonchev–Trinajstić information content (AvgIpc) is 3.03.